The fraction of sp³-hybridized carbons (Fsp3) is 0.250. The number of anilines is 2. The summed E-state index contributed by atoms with van der Waals surface area (Å²) in [6.45, 7) is 6.94. The quantitative estimate of drug-likeness (QED) is 0.178. The second kappa shape index (κ2) is 10.8. The molecule has 1 aromatic carbocycles. The molecule has 0 spiro atoms. The first-order valence-electron chi connectivity index (χ1n) is 12.5. The van der Waals surface area contributed by atoms with Gasteiger partial charge in [0.15, 0.2) is 0 Å². The van der Waals surface area contributed by atoms with Crippen molar-refractivity contribution in [1.82, 2.24) is 24.4 Å². The number of aliphatic imine (C=N–C) groups is 1. The lowest BCUT2D eigenvalue weighted by Gasteiger charge is -2.12. The van der Waals surface area contributed by atoms with E-state index in [1.807, 2.05) is 42.9 Å². The number of oxazole rings is 1. The van der Waals surface area contributed by atoms with Crippen LogP contribution in [0.5, 0.6) is 5.75 Å². The number of nitrogens with one attached hydrogen (secondary N) is 2. The van der Waals surface area contributed by atoms with Gasteiger partial charge in [-0.25, -0.2) is 15.0 Å². The average molecular weight is 528 g/mol. The standard InChI is InChI=1S/C28H29N7O4/c1-5-20(14-25(29-3)31-17(2)36)39-21-8-9-22-24(13-21)34(4)28(32-22)33-23-12-19(18-6-7-18)15-35(27(23)37)16-26-30-10-11-38-26/h5,8-15,18H,3,6-7,16H2,1-2,4H3,(H,31,36)(H,32,33)/b20-5+,25-14+. The minimum atomic E-state index is -0.257. The van der Waals surface area contributed by atoms with Crippen LogP contribution < -0.4 is 20.9 Å². The topological polar surface area (TPSA) is 129 Å². The molecule has 0 atom stereocenters. The second-order valence-corrected chi connectivity index (χ2v) is 9.25. The number of rotatable bonds is 10. The lowest BCUT2D eigenvalue weighted by Crippen LogP contribution is -2.24. The van der Waals surface area contributed by atoms with Crippen LogP contribution in [0.1, 0.15) is 44.1 Å². The number of imidazole rings is 1. The maximum atomic E-state index is 13.3. The summed E-state index contributed by atoms with van der Waals surface area (Å²) in [6.07, 6.45) is 10.5. The van der Waals surface area contributed by atoms with Gasteiger partial charge in [-0.1, -0.05) is 0 Å². The van der Waals surface area contributed by atoms with Crippen molar-refractivity contribution < 1.29 is 13.9 Å². The molecule has 0 unspecified atom stereocenters. The van der Waals surface area contributed by atoms with Gasteiger partial charge in [-0.15, -0.1) is 0 Å². The maximum absolute atomic E-state index is 13.3. The molecule has 4 aromatic rings. The summed E-state index contributed by atoms with van der Waals surface area (Å²) in [5.74, 6) is 2.50. The summed E-state index contributed by atoms with van der Waals surface area (Å²) < 4.78 is 14.9. The first-order chi connectivity index (χ1) is 18.8. The molecule has 2 N–H and O–H groups in total. The Bertz CT molecular complexity index is 1660. The molecular weight excluding hydrogens is 498 g/mol. The van der Waals surface area contributed by atoms with E-state index in [0.717, 1.165) is 29.4 Å². The van der Waals surface area contributed by atoms with Gasteiger partial charge in [0.25, 0.3) is 5.56 Å². The zero-order valence-electron chi connectivity index (χ0n) is 22.0. The largest absolute Gasteiger partial charge is 0.458 e. The van der Waals surface area contributed by atoms with Crippen molar-refractivity contribution in [2.75, 3.05) is 5.32 Å². The van der Waals surface area contributed by atoms with Crippen molar-refractivity contribution in [3.8, 4) is 5.75 Å². The minimum absolute atomic E-state index is 0.191. The maximum Gasteiger partial charge on any atom is 0.274 e. The lowest BCUT2D eigenvalue weighted by atomic mass is 10.2. The second-order valence-electron chi connectivity index (χ2n) is 9.25. The Morgan fingerprint density at radius 2 is 2.15 bits per heavy atom. The van der Waals surface area contributed by atoms with Gasteiger partial charge >= 0.3 is 0 Å². The number of aromatic nitrogens is 4. The van der Waals surface area contributed by atoms with Crippen molar-refractivity contribution in [2.24, 2.45) is 12.0 Å². The Hall–Kier alpha value is -4.93. The number of ether oxygens (including phenoxy) is 1. The van der Waals surface area contributed by atoms with E-state index in [1.165, 1.54) is 13.2 Å². The van der Waals surface area contributed by atoms with Crippen LogP contribution in [0, 0.1) is 0 Å². The molecule has 5 rings (SSSR count). The molecule has 1 aliphatic rings. The molecule has 0 radical (unpaired) electrons. The molecule has 200 valence electrons. The Balaban J connectivity index is 1.43. The fourth-order valence-corrected chi connectivity index (χ4v) is 4.19. The summed E-state index contributed by atoms with van der Waals surface area (Å²) in [7, 11) is 1.87. The van der Waals surface area contributed by atoms with Crippen LogP contribution in [-0.4, -0.2) is 31.7 Å². The number of carbonyl (C=O) groups excluding carboxylic acids is 1. The SMILES string of the molecule is C=N/C(=C\C(=C/C)Oc1ccc2nc(Nc3cc(C4CC4)cn(Cc4ncco4)c3=O)n(C)c2c1)NC(C)=O. The molecule has 0 saturated heterocycles. The molecule has 1 fully saturated rings. The predicted molar refractivity (Wildman–Crippen MR) is 148 cm³/mol. The lowest BCUT2D eigenvalue weighted by molar-refractivity contribution is -0.118. The van der Waals surface area contributed by atoms with E-state index < -0.39 is 0 Å². The van der Waals surface area contributed by atoms with Crippen molar-refractivity contribution in [3.63, 3.8) is 0 Å². The Kier molecular flexibility index (Phi) is 7.13. The smallest absolute Gasteiger partial charge is 0.274 e. The molecule has 1 saturated carbocycles. The number of allylic oxidation sites excluding steroid dienone is 2. The van der Waals surface area contributed by atoms with Gasteiger partial charge < -0.3 is 28.9 Å². The number of nitrogens with zero attached hydrogens (tertiary/aromatic N) is 5. The summed E-state index contributed by atoms with van der Waals surface area (Å²) >= 11 is 0. The van der Waals surface area contributed by atoms with Crippen molar-refractivity contribution in [1.29, 1.82) is 0 Å². The van der Waals surface area contributed by atoms with Crippen LogP contribution in [0.25, 0.3) is 11.0 Å². The van der Waals surface area contributed by atoms with Gasteiger partial charge in [0.1, 0.15) is 35.8 Å². The van der Waals surface area contributed by atoms with Crippen molar-refractivity contribution in [2.45, 2.75) is 39.2 Å². The highest BCUT2D eigenvalue weighted by Gasteiger charge is 2.26. The molecule has 1 amide bonds. The summed E-state index contributed by atoms with van der Waals surface area (Å²) in [5.41, 5.74) is 2.87. The zero-order chi connectivity index (χ0) is 27.5. The molecule has 3 heterocycles. The van der Waals surface area contributed by atoms with Crippen molar-refractivity contribution in [3.05, 3.63) is 88.5 Å². The number of benzene rings is 1. The van der Waals surface area contributed by atoms with Crippen LogP contribution in [-0.2, 0) is 18.4 Å². The third kappa shape index (κ3) is 5.82. The third-order valence-corrected chi connectivity index (χ3v) is 6.32. The molecule has 11 nitrogen and oxygen atoms in total. The van der Waals surface area contributed by atoms with E-state index in [0.29, 0.717) is 35.0 Å². The number of hydrogen-bond acceptors (Lipinski definition) is 8. The number of amides is 1. The molecule has 1 aliphatic carbocycles. The van der Waals surface area contributed by atoms with Gasteiger partial charge in [-0.05, 0) is 62.2 Å². The van der Waals surface area contributed by atoms with Crippen LogP contribution in [0.4, 0.5) is 11.6 Å². The average Bonchev–Trinajstić information content (AvgIpc) is 3.56. The number of hydrogen-bond donors (Lipinski definition) is 2. The fourth-order valence-electron chi connectivity index (χ4n) is 4.19. The number of fused-ring (bicyclic) bond motifs is 1. The van der Waals surface area contributed by atoms with Crippen LogP contribution in [0.3, 0.4) is 0 Å². The number of carbonyl (C=O) groups is 1. The number of aryl methyl sites for hydroxylation is 1. The summed E-state index contributed by atoms with van der Waals surface area (Å²) in [5, 5.41) is 5.84. The highest BCUT2D eigenvalue weighted by Crippen LogP contribution is 2.40. The summed E-state index contributed by atoms with van der Waals surface area (Å²) in [4.78, 5) is 37.4. The molecular formula is C28H29N7O4. The van der Waals surface area contributed by atoms with Crippen LogP contribution in [0.15, 0.2) is 80.9 Å². The van der Waals surface area contributed by atoms with Gasteiger partial charge in [0, 0.05) is 32.3 Å². The van der Waals surface area contributed by atoms with Crippen LogP contribution in [0.2, 0.25) is 0 Å². The van der Waals surface area contributed by atoms with Gasteiger partial charge in [-0.3, -0.25) is 9.59 Å². The van der Waals surface area contributed by atoms with E-state index in [9.17, 15) is 9.59 Å². The third-order valence-electron chi connectivity index (χ3n) is 6.32. The van der Waals surface area contributed by atoms with Crippen molar-refractivity contribution >= 4 is 35.3 Å². The van der Waals surface area contributed by atoms with E-state index in [2.05, 4.69) is 27.3 Å². The summed E-state index contributed by atoms with van der Waals surface area (Å²) in [6, 6.07) is 7.40. The molecule has 3 aromatic heterocycles. The van der Waals surface area contributed by atoms with E-state index >= 15 is 0 Å². The molecule has 39 heavy (non-hydrogen) atoms. The number of pyridine rings is 1. The predicted octanol–water partition coefficient (Wildman–Crippen LogP) is 4.35. The Morgan fingerprint density at radius 3 is 2.82 bits per heavy atom. The van der Waals surface area contributed by atoms with E-state index in [1.54, 1.807) is 29.0 Å². The first kappa shape index (κ1) is 25.7. The zero-order valence-corrected chi connectivity index (χ0v) is 22.0. The van der Waals surface area contributed by atoms with E-state index in [4.69, 9.17) is 14.1 Å². The highest BCUT2D eigenvalue weighted by atomic mass is 16.5. The highest BCUT2D eigenvalue weighted by molar-refractivity contribution is 5.81. The van der Waals surface area contributed by atoms with Gasteiger partial charge in [0.2, 0.25) is 17.7 Å². The Labute approximate surface area is 224 Å². The molecule has 0 aliphatic heterocycles. The monoisotopic (exact) mass is 527 g/mol. The van der Waals surface area contributed by atoms with E-state index in [-0.39, 0.29) is 23.8 Å². The first-order valence-corrected chi connectivity index (χ1v) is 12.5. The normalized spacial score (nSPS) is 13.9. The van der Waals surface area contributed by atoms with Crippen LogP contribution >= 0.6 is 0 Å². The van der Waals surface area contributed by atoms with Gasteiger partial charge in [0.05, 0.1) is 17.2 Å². The molecule has 0 bridgehead atoms. The molecule has 11 heteroatoms. The van der Waals surface area contributed by atoms with Gasteiger partial charge in [-0.2, -0.15) is 0 Å². The minimum Gasteiger partial charge on any atom is -0.458 e. The Morgan fingerprint density at radius 1 is 1.33 bits per heavy atom.